The van der Waals surface area contributed by atoms with Crippen molar-refractivity contribution in [1.82, 2.24) is 4.90 Å². The van der Waals surface area contributed by atoms with Gasteiger partial charge in [0.2, 0.25) is 17.9 Å². The Balaban J connectivity index is 1.34. The SMILES string of the molecule is COc1cc2c(cc1OS(=O)c1cccc(F)c1)C1Cc3cc4c(cc3CN1CC2)OCO4. The zero-order chi connectivity index (χ0) is 22.5. The summed E-state index contributed by atoms with van der Waals surface area (Å²) in [5, 5.41) is 0. The lowest BCUT2D eigenvalue weighted by molar-refractivity contribution is 0.160. The van der Waals surface area contributed by atoms with Crippen molar-refractivity contribution in [2.24, 2.45) is 0 Å². The molecule has 170 valence electrons. The molecule has 0 bridgehead atoms. The Morgan fingerprint density at radius 3 is 2.64 bits per heavy atom. The number of benzene rings is 3. The number of halogens is 1. The van der Waals surface area contributed by atoms with Crippen molar-refractivity contribution in [3.63, 3.8) is 0 Å². The molecule has 3 aromatic rings. The van der Waals surface area contributed by atoms with E-state index in [1.807, 2.05) is 12.1 Å². The highest BCUT2D eigenvalue weighted by Gasteiger charge is 2.34. The van der Waals surface area contributed by atoms with Gasteiger partial charge in [-0.25, -0.2) is 8.60 Å². The van der Waals surface area contributed by atoms with Crippen LogP contribution in [0.3, 0.4) is 0 Å². The molecule has 0 aliphatic carbocycles. The summed E-state index contributed by atoms with van der Waals surface area (Å²) in [5.41, 5.74) is 4.84. The molecule has 0 N–H and O–H groups in total. The number of nitrogens with zero attached hydrogens (tertiary/aromatic N) is 1. The third-order valence-corrected chi connectivity index (χ3v) is 7.50. The number of methoxy groups -OCH3 is 1. The Bertz CT molecular complexity index is 1280. The fraction of sp³-hybridized carbons (Fsp3) is 0.280. The van der Waals surface area contributed by atoms with Crippen molar-refractivity contribution in [2.45, 2.75) is 30.3 Å². The summed E-state index contributed by atoms with van der Waals surface area (Å²) in [6.45, 7) is 2.02. The molecule has 0 radical (unpaired) electrons. The van der Waals surface area contributed by atoms with E-state index in [1.165, 1.54) is 34.9 Å². The zero-order valence-electron chi connectivity index (χ0n) is 18.0. The monoisotopic (exact) mass is 467 g/mol. The van der Waals surface area contributed by atoms with E-state index in [1.54, 1.807) is 13.2 Å². The Labute approximate surface area is 193 Å². The lowest BCUT2D eigenvalue weighted by atomic mass is 9.83. The molecule has 3 aromatic carbocycles. The van der Waals surface area contributed by atoms with Crippen LogP contribution in [-0.2, 0) is 30.5 Å². The zero-order valence-corrected chi connectivity index (χ0v) is 18.8. The summed E-state index contributed by atoms with van der Waals surface area (Å²) in [4.78, 5) is 2.71. The van der Waals surface area contributed by atoms with Crippen molar-refractivity contribution in [1.29, 1.82) is 0 Å². The summed E-state index contributed by atoms with van der Waals surface area (Å²) >= 11 is -1.87. The molecular weight excluding hydrogens is 445 g/mol. The molecule has 0 saturated carbocycles. The average molecular weight is 468 g/mol. The van der Waals surface area contributed by atoms with Gasteiger partial charge >= 0.3 is 0 Å². The summed E-state index contributed by atoms with van der Waals surface area (Å²) in [6.07, 6.45) is 1.72. The van der Waals surface area contributed by atoms with Gasteiger partial charge < -0.3 is 18.4 Å². The lowest BCUT2D eigenvalue weighted by Gasteiger charge is -2.41. The van der Waals surface area contributed by atoms with Crippen molar-refractivity contribution < 1.29 is 27.0 Å². The van der Waals surface area contributed by atoms with E-state index >= 15 is 0 Å². The summed E-state index contributed by atoms with van der Waals surface area (Å²) in [6, 6.07) is 13.9. The second-order valence-corrected chi connectivity index (χ2v) is 9.50. The highest BCUT2D eigenvalue weighted by Crippen LogP contribution is 2.45. The molecule has 6 rings (SSSR count). The molecule has 6 nitrogen and oxygen atoms in total. The van der Waals surface area contributed by atoms with Crippen LogP contribution >= 0.6 is 0 Å². The molecule has 0 spiro atoms. The molecule has 2 unspecified atom stereocenters. The predicted octanol–water partition coefficient (Wildman–Crippen LogP) is 4.32. The van der Waals surface area contributed by atoms with Crippen LogP contribution in [0, 0.1) is 5.82 Å². The first kappa shape index (κ1) is 20.5. The van der Waals surface area contributed by atoms with Gasteiger partial charge in [-0.1, -0.05) is 6.07 Å². The van der Waals surface area contributed by atoms with Crippen LogP contribution in [0.25, 0.3) is 0 Å². The number of fused-ring (bicyclic) bond motifs is 5. The second-order valence-electron chi connectivity index (χ2n) is 8.39. The highest BCUT2D eigenvalue weighted by atomic mass is 32.2. The van der Waals surface area contributed by atoms with Gasteiger partial charge in [0.05, 0.1) is 12.0 Å². The molecule has 3 heterocycles. The smallest absolute Gasteiger partial charge is 0.240 e. The normalized spacial score (nSPS) is 19.3. The van der Waals surface area contributed by atoms with Crippen LogP contribution in [-0.4, -0.2) is 29.6 Å². The van der Waals surface area contributed by atoms with Gasteiger partial charge in [-0.2, -0.15) is 0 Å². The van der Waals surface area contributed by atoms with Crippen molar-refractivity contribution in [2.75, 3.05) is 20.4 Å². The second kappa shape index (κ2) is 8.04. The molecule has 2 atom stereocenters. The first-order valence-corrected chi connectivity index (χ1v) is 11.9. The molecule has 3 aliphatic rings. The maximum atomic E-state index is 13.6. The molecular formula is C25H22FNO5S. The number of hydrogen-bond donors (Lipinski definition) is 0. The Morgan fingerprint density at radius 1 is 1.03 bits per heavy atom. The fourth-order valence-corrected chi connectivity index (χ4v) is 5.69. The summed E-state index contributed by atoms with van der Waals surface area (Å²) in [5.74, 6) is 2.05. The fourth-order valence-electron chi connectivity index (χ4n) is 4.90. The van der Waals surface area contributed by atoms with Gasteiger partial charge in [0.15, 0.2) is 23.0 Å². The first-order valence-electron chi connectivity index (χ1n) is 10.8. The summed E-state index contributed by atoms with van der Waals surface area (Å²) in [7, 11) is 1.56. The number of hydrogen-bond acceptors (Lipinski definition) is 6. The van der Waals surface area contributed by atoms with Gasteiger partial charge in [-0.05, 0) is 77.6 Å². The van der Waals surface area contributed by atoms with Crippen molar-refractivity contribution >= 4 is 11.1 Å². The maximum Gasteiger partial charge on any atom is 0.240 e. The minimum Gasteiger partial charge on any atom is -0.493 e. The minimum absolute atomic E-state index is 0.164. The maximum absolute atomic E-state index is 13.6. The van der Waals surface area contributed by atoms with Crippen LogP contribution in [0.4, 0.5) is 4.39 Å². The Kier molecular flexibility index (Phi) is 4.99. The van der Waals surface area contributed by atoms with E-state index in [9.17, 15) is 8.60 Å². The molecule has 8 heteroatoms. The van der Waals surface area contributed by atoms with E-state index in [2.05, 4.69) is 17.0 Å². The number of rotatable bonds is 4. The number of ether oxygens (including phenoxy) is 3. The molecule has 3 aliphatic heterocycles. The largest absolute Gasteiger partial charge is 0.493 e. The van der Waals surface area contributed by atoms with Gasteiger partial charge in [0.25, 0.3) is 0 Å². The van der Waals surface area contributed by atoms with Crippen molar-refractivity contribution in [3.8, 4) is 23.0 Å². The Hall–Kier alpha value is -3.10. The van der Waals surface area contributed by atoms with Crippen molar-refractivity contribution in [3.05, 3.63) is 76.6 Å². The van der Waals surface area contributed by atoms with Gasteiger partial charge in [-0.15, -0.1) is 0 Å². The third-order valence-electron chi connectivity index (χ3n) is 6.53. The standard InChI is InChI=1S/C25H22FNO5S/c1-29-22-8-15-5-6-27-13-17-10-24-23(30-14-31-24)9-16(17)7-21(27)20(15)12-25(22)32-33(28)19-4-2-3-18(26)11-19/h2-4,8-12,21H,5-7,13-14H2,1H3. The van der Waals surface area contributed by atoms with E-state index in [0.29, 0.717) is 11.5 Å². The van der Waals surface area contributed by atoms with E-state index in [0.717, 1.165) is 43.0 Å². The van der Waals surface area contributed by atoms with Gasteiger partial charge in [-0.3, -0.25) is 4.90 Å². The summed E-state index contributed by atoms with van der Waals surface area (Å²) < 4.78 is 48.8. The molecule has 0 amide bonds. The molecule has 0 aromatic heterocycles. The van der Waals surface area contributed by atoms with Crippen LogP contribution in [0.5, 0.6) is 23.0 Å². The van der Waals surface area contributed by atoms with Crippen LogP contribution in [0.15, 0.2) is 53.4 Å². The molecule has 0 fully saturated rings. The van der Waals surface area contributed by atoms with Crippen LogP contribution in [0.2, 0.25) is 0 Å². The molecule has 0 saturated heterocycles. The van der Waals surface area contributed by atoms with Gasteiger partial charge in [0.1, 0.15) is 5.82 Å². The topological polar surface area (TPSA) is 57.2 Å². The quantitative estimate of drug-likeness (QED) is 0.570. The van der Waals surface area contributed by atoms with E-state index in [4.69, 9.17) is 18.4 Å². The van der Waals surface area contributed by atoms with Crippen LogP contribution in [0.1, 0.15) is 28.3 Å². The minimum atomic E-state index is -1.87. The third kappa shape index (κ3) is 3.63. The average Bonchev–Trinajstić information content (AvgIpc) is 3.28. The lowest BCUT2D eigenvalue weighted by Crippen LogP contribution is -2.39. The van der Waals surface area contributed by atoms with E-state index < -0.39 is 16.9 Å². The van der Waals surface area contributed by atoms with E-state index in [-0.39, 0.29) is 17.7 Å². The highest BCUT2D eigenvalue weighted by molar-refractivity contribution is 7.80. The molecule has 33 heavy (non-hydrogen) atoms. The predicted molar refractivity (Wildman–Crippen MR) is 120 cm³/mol. The Morgan fingerprint density at radius 2 is 1.85 bits per heavy atom. The first-order chi connectivity index (χ1) is 16.1. The van der Waals surface area contributed by atoms with Crippen LogP contribution < -0.4 is 18.4 Å². The van der Waals surface area contributed by atoms with Gasteiger partial charge in [0, 0.05) is 19.1 Å².